The molecule has 3 heteroatoms. The Kier molecular flexibility index (Phi) is 5.39. The fraction of sp³-hybridized carbons (Fsp3) is 0.231. The van der Waals surface area contributed by atoms with Crippen molar-refractivity contribution in [2.75, 3.05) is 6.61 Å². The summed E-state index contributed by atoms with van der Waals surface area (Å²) in [5.74, 6) is 11.0. The fourth-order valence-corrected chi connectivity index (χ4v) is 1.78. The van der Waals surface area contributed by atoms with Crippen molar-refractivity contribution in [3.05, 3.63) is 34.0 Å². The first-order chi connectivity index (χ1) is 7.77. The summed E-state index contributed by atoms with van der Waals surface area (Å²) >= 11 is 1.36. The van der Waals surface area contributed by atoms with E-state index in [4.69, 9.17) is 5.11 Å². The predicted octanol–water partition coefficient (Wildman–Crippen LogP) is 1.70. The van der Waals surface area contributed by atoms with Crippen molar-refractivity contribution in [1.29, 1.82) is 0 Å². The maximum absolute atomic E-state index is 9.36. The topological polar surface area (TPSA) is 40.5 Å². The molecule has 0 radical (unpaired) electrons. The first-order valence-corrected chi connectivity index (χ1v) is 5.61. The molecule has 0 saturated heterocycles. The van der Waals surface area contributed by atoms with E-state index in [1.807, 2.05) is 19.1 Å². The Bertz CT molecular complexity index is 477. The number of thiophene rings is 1. The zero-order valence-electron chi connectivity index (χ0n) is 8.90. The van der Waals surface area contributed by atoms with Crippen LogP contribution in [0.1, 0.15) is 22.8 Å². The highest BCUT2D eigenvalue weighted by Gasteiger charge is 2.07. The molecule has 82 valence electrons. The molecule has 0 aliphatic carbocycles. The Morgan fingerprint density at radius 2 is 2.25 bits per heavy atom. The molecular formula is C13H12O2S. The molecule has 1 aromatic rings. The quantitative estimate of drug-likeness (QED) is 0.762. The monoisotopic (exact) mass is 232 g/mol. The molecule has 0 aliphatic rings. The normalized spacial score (nSPS) is 11.4. The fourth-order valence-electron chi connectivity index (χ4n) is 0.943. The standard InChI is InChI=1S/C13H12O2S/c1-2-3-4-5-6-7-11-8-9-13(16-11)12(15)10-14/h2-3,8-9,12,14-15H,10H2,1H3/b3-2+/t12-/m0/s1. The smallest absolute Gasteiger partial charge is 0.111 e. The van der Waals surface area contributed by atoms with Crippen LogP contribution in [0.2, 0.25) is 0 Å². The number of rotatable bonds is 2. The van der Waals surface area contributed by atoms with E-state index < -0.39 is 6.10 Å². The largest absolute Gasteiger partial charge is 0.393 e. The second kappa shape index (κ2) is 6.87. The van der Waals surface area contributed by atoms with Gasteiger partial charge in [-0.2, -0.15) is 0 Å². The third-order valence-electron chi connectivity index (χ3n) is 1.70. The van der Waals surface area contributed by atoms with Crippen molar-refractivity contribution < 1.29 is 10.2 Å². The molecule has 0 spiro atoms. The number of allylic oxidation sites excluding steroid dienone is 2. The summed E-state index contributed by atoms with van der Waals surface area (Å²) in [6.45, 7) is 1.62. The van der Waals surface area contributed by atoms with Crippen LogP contribution in [0, 0.1) is 23.7 Å². The zero-order valence-corrected chi connectivity index (χ0v) is 9.71. The summed E-state index contributed by atoms with van der Waals surface area (Å²) in [5, 5.41) is 18.1. The van der Waals surface area contributed by atoms with Crippen molar-refractivity contribution in [2.24, 2.45) is 0 Å². The van der Waals surface area contributed by atoms with Crippen molar-refractivity contribution in [2.45, 2.75) is 13.0 Å². The summed E-state index contributed by atoms with van der Waals surface area (Å²) in [6, 6.07) is 3.57. The van der Waals surface area contributed by atoms with E-state index in [0.717, 1.165) is 4.88 Å². The molecule has 0 unspecified atom stereocenters. The summed E-state index contributed by atoms with van der Waals surface area (Å²) in [5.41, 5.74) is 0. The van der Waals surface area contributed by atoms with Crippen molar-refractivity contribution in [3.8, 4) is 23.7 Å². The highest BCUT2D eigenvalue weighted by molar-refractivity contribution is 7.12. The minimum Gasteiger partial charge on any atom is -0.393 e. The van der Waals surface area contributed by atoms with E-state index in [1.165, 1.54) is 11.3 Å². The minimum absolute atomic E-state index is 0.269. The van der Waals surface area contributed by atoms with Crippen molar-refractivity contribution in [1.82, 2.24) is 0 Å². The van der Waals surface area contributed by atoms with Crippen LogP contribution >= 0.6 is 11.3 Å². The molecule has 0 amide bonds. The lowest BCUT2D eigenvalue weighted by atomic mass is 10.3. The van der Waals surface area contributed by atoms with Gasteiger partial charge in [-0.3, -0.25) is 0 Å². The Balaban J connectivity index is 2.69. The van der Waals surface area contributed by atoms with Gasteiger partial charge >= 0.3 is 0 Å². The van der Waals surface area contributed by atoms with E-state index in [1.54, 1.807) is 12.1 Å². The second-order valence-corrected chi connectivity index (χ2v) is 4.04. The van der Waals surface area contributed by atoms with Gasteiger partial charge in [-0.1, -0.05) is 12.0 Å². The molecule has 0 fully saturated rings. The minimum atomic E-state index is -0.811. The van der Waals surface area contributed by atoms with Crippen LogP contribution in [0.4, 0.5) is 0 Å². The van der Waals surface area contributed by atoms with Gasteiger partial charge in [0.05, 0.1) is 11.5 Å². The summed E-state index contributed by atoms with van der Waals surface area (Å²) in [6.07, 6.45) is 2.76. The van der Waals surface area contributed by atoms with E-state index in [2.05, 4.69) is 23.7 Å². The van der Waals surface area contributed by atoms with Gasteiger partial charge in [0.15, 0.2) is 0 Å². The van der Waals surface area contributed by atoms with Crippen molar-refractivity contribution >= 4 is 11.3 Å². The SMILES string of the molecule is C/C=C/C#CC#Cc1ccc([C@@H](O)CO)s1. The molecule has 1 atom stereocenters. The van der Waals surface area contributed by atoms with Gasteiger partial charge in [-0.25, -0.2) is 0 Å². The molecule has 1 aromatic heterocycles. The van der Waals surface area contributed by atoms with Crippen molar-refractivity contribution in [3.63, 3.8) is 0 Å². The van der Waals surface area contributed by atoms with Crippen LogP contribution in [-0.4, -0.2) is 16.8 Å². The maximum Gasteiger partial charge on any atom is 0.111 e. The zero-order chi connectivity index (χ0) is 11.8. The number of hydrogen-bond acceptors (Lipinski definition) is 3. The maximum atomic E-state index is 9.36. The molecule has 0 aromatic carbocycles. The van der Waals surface area contributed by atoms with Crippen LogP contribution in [0.15, 0.2) is 24.3 Å². The third kappa shape index (κ3) is 3.92. The van der Waals surface area contributed by atoms with Crippen LogP contribution in [0.5, 0.6) is 0 Å². The predicted molar refractivity (Wildman–Crippen MR) is 65.8 cm³/mol. The van der Waals surface area contributed by atoms with E-state index in [9.17, 15) is 5.11 Å². The van der Waals surface area contributed by atoms with Gasteiger partial charge in [0, 0.05) is 4.88 Å². The molecular weight excluding hydrogens is 220 g/mol. The lowest BCUT2D eigenvalue weighted by Crippen LogP contribution is -1.98. The first-order valence-electron chi connectivity index (χ1n) is 4.79. The molecule has 1 rings (SSSR count). The van der Waals surface area contributed by atoms with Crippen LogP contribution in [-0.2, 0) is 0 Å². The van der Waals surface area contributed by atoms with Gasteiger partial charge in [0.2, 0.25) is 0 Å². The summed E-state index contributed by atoms with van der Waals surface area (Å²) in [7, 11) is 0. The highest BCUT2D eigenvalue weighted by Crippen LogP contribution is 2.22. The van der Waals surface area contributed by atoms with Crippen LogP contribution < -0.4 is 0 Å². The van der Waals surface area contributed by atoms with E-state index in [-0.39, 0.29) is 6.61 Å². The molecule has 1 heterocycles. The van der Waals surface area contributed by atoms with Gasteiger partial charge in [0.25, 0.3) is 0 Å². The number of aliphatic hydroxyl groups excluding tert-OH is 2. The molecule has 0 aliphatic heterocycles. The van der Waals surface area contributed by atoms with Gasteiger partial charge in [-0.15, -0.1) is 11.3 Å². The Morgan fingerprint density at radius 3 is 2.94 bits per heavy atom. The van der Waals surface area contributed by atoms with Crippen LogP contribution in [0.25, 0.3) is 0 Å². The number of hydrogen-bond donors (Lipinski definition) is 2. The van der Waals surface area contributed by atoms with Gasteiger partial charge in [0.1, 0.15) is 6.10 Å². The highest BCUT2D eigenvalue weighted by atomic mass is 32.1. The summed E-state index contributed by atoms with van der Waals surface area (Å²) < 4.78 is 0. The summed E-state index contributed by atoms with van der Waals surface area (Å²) in [4.78, 5) is 1.55. The van der Waals surface area contributed by atoms with Gasteiger partial charge < -0.3 is 10.2 Å². The van der Waals surface area contributed by atoms with E-state index >= 15 is 0 Å². The van der Waals surface area contributed by atoms with Gasteiger partial charge in [-0.05, 0) is 42.9 Å². The molecule has 0 bridgehead atoms. The Morgan fingerprint density at radius 1 is 1.44 bits per heavy atom. The molecule has 2 N–H and O–H groups in total. The average Bonchev–Trinajstić information content (AvgIpc) is 2.76. The lowest BCUT2D eigenvalue weighted by molar-refractivity contribution is 0.0984. The second-order valence-electron chi connectivity index (χ2n) is 2.92. The third-order valence-corrected chi connectivity index (χ3v) is 2.80. The first kappa shape index (κ1) is 12.5. The van der Waals surface area contributed by atoms with Crippen LogP contribution in [0.3, 0.4) is 0 Å². The van der Waals surface area contributed by atoms with E-state index in [0.29, 0.717) is 4.88 Å². The molecule has 2 nitrogen and oxygen atoms in total. The Hall–Kier alpha value is -1.52. The molecule has 16 heavy (non-hydrogen) atoms. The lowest BCUT2D eigenvalue weighted by Gasteiger charge is -2.00. The molecule has 0 saturated carbocycles. The Labute approximate surface area is 99.3 Å². The number of aliphatic hydroxyl groups is 2. The average molecular weight is 232 g/mol.